The van der Waals surface area contributed by atoms with Crippen molar-refractivity contribution in [3.63, 3.8) is 0 Å². The topological polar surface area (TPSA) is 27.1 Å². The standard InChI is InChI=1S/C14H10BrFN2/c15-12-7-10(16)5-6-13(12)18-8-9-3-1-2-4-11(9)14(18)17/h1-7,17H,8H2. The van der Waals surface area contributed by atoms with Crippen LogP contribution in [0.25, 0.3) is 0 Å². The first kappa shape index (κ1) is 11.4. The highest BCUT2D eigenvalue weighted by atomic mass is 79.9. The molecule has 0 atom stereocenters. The summed E-state index contributed by atoms with van der Waals surface area (Å²) in [6, 6.07) is 12.4. The number of nitrogens with zero attached hydrogens (tertiary/aromatic N) is 1. The Labute approximate surface area is 113 Å². The molecular weight excluding hydrogens is 295 g/mol. The average Bonchev–Trinajstić information content (AvgIpc) is 2.68. The number of benzene rings is 2. The molecule has 0 radical (unpaired) electrons. The molecule has 18 heavy (non-hydrogen) atoms. The van der Waals surface area contributed by atoms with E-state index >= 15 is 0 Å². The minimum Gasteiger partial charge on any atom is -0.321 e. The molecule has 0 spiro atoms. The van der Waals surface area contributed by atoms with Crippen molar-refractivity contribution in [2.75, 3.05) is 4.90 Å². The van der Waals surface area contributed by atoms with Gasteiger partial charge in [-0.25, -0.2) is 4.39 Å². The van der Waals surface area contributed by atoms with Crippen molar-refractivity contribution >= 4 is 27.5 Å². The Bertz CT molecular complexity index is 639. The van der Waals surface area contributed by atoms with Gasteiger partial charge in [-0.05, 0) is 39.7 Å². The SMILES string of the molecule is N=C1c2ccccc2CN1c1ccc(F)cc1Br. The Hall–Kier alpha value is -1.68. The molecule has 1 heterocycles. The number of anilines is 1. The molecule has 0 unspecified atom stereocenters. The number of hydrogen-bond donors (Lipinski definition) is 1. The van der Waals surface area contributed by atoms with E-state index in [9.17, 15) is 4.39 Å². The van der Waals surface area contributed by atoms with Crippen LogP contribution in [-0.2, 0) is 6.54 Å². The molecule has 2 nitrogen and oxygen atoms in total. The maximum absolute atomic E-state index is 13.1. The maximum atomic E-state index is 13.1. The molecule has 1 aliphatic rings. The molecule has 0 fully saturated rings. The molecule has 0 aliphatic carbocycles. The minimum atomic E-state index is -0.283. The van der Waals surface area contributed by atoms with Gasteiger partial charge in [0.15, 0.2) is 0 Å². The summed E-state index contributed by atoms with van der Waals surface area (Å²) in [7, 11) is 0. The van der Waals surface area contributed by atoms with Crippen LogP contribution in [0.4, 0.5) is 10.1 Å². The molecule has 0 saturated carbocycles. The summed E-state index contributed by atoms with van der Waals surface area (Å²) in [5, 5.41) is 8.19. The molecule has 1 aliphatic heterocycles. The molecule has 4 heteroatoms. The zero-order valence-corrected chi connectivity index (χ0v) is 11.0. The Morgan fingerprint density at radius 3 is 2.67 bits per heavy atom. The van der Waals surface area contributed by atoms with Crippen molar-refractivity contribution in [1.29, 1.82) is 5.41 Å². The zero-order valence-electron chi connectivity index (χ0n) is 9.45. The Morgan fingerprint density at radius 2 is 1.94 bits per heavy atom. The van der Waals surface area contributed by atoms with E-state index in [0.29, 0.717) is 16.9 Å². The number of hydrogen-bond acceptors (Lipinski definition) is 1. The fourth-order valence-electron chi connectivity index (χ4n) is 2.19. The fraction of sp³-hybridized carbons (Fsp3) is 0.0714. The van der Waals surface area contributed by atoms with Gasteiger partial charge in [0.1, 0.15) is 11.7 Å². The summed E-state index contributed by atoms with van der Waals surface area (Å²) in [6.07, 6.45) is 0. The van der Waals surface area contributed by atoms with Gasteiger partial charge in [-0.15, -0.1) is 0 Å². The summed E-state index contributed by atoms with van der Waals surface area (Å²) in [5.41, 5.74) is 2.88. The smallest absolute Gasteiger partial charge is 0.133 e. The van der Waals surface area contributed by atoms with Gasteiger partial charge in [-0.1, -0.05) is 24.3 Å². The lowest BCUT2D eigenvalue weighted by Crippen LogP contribution is -2.23. The summed E-state index contributed by atoms with van der Waals surface area (Å²) in [5.74, 6) is 0.173. The number of amidine groups is 1. The van der Waals surface area contributed by atoms with Crippen LogP contribution in [0.2, 0.25) is 0 Å². The summed E-state index contributed by atoms with van der Waals surface area (Å²) >= 11 is 3.35. The third-order valence-electron chi connectivity index (χ3n) is 3.07. The second-order valence-corrected chi connectivity index (χ2v) is 5.04. The number of nitrogens with one attached hydrogen (secondary N) is 1. The van der Waals surface area contributed by atoms with Crippen LogP contribution in [0.3, 0.4) is 0 Å². The van der Waals surface area contributed by atoms with Crippen LogP contribution in [-0.4, -0.2) is 5.84 Å². The molecule has 2 aromatic carbocycles. The predicted octanol–water partition coefficient (Wildman–Crippen LogP) is 3.93. The highest BCUT2D eigenvalue weighted by Crippen LogP contribution is 2.33. The van der Waals surface area contributed by atoms with Gasteiger partial charge in [-0.2, -0.15) is 0 Å². The molecule has 0 saturated heterocycles. The van der Waals surface area contributed by atoms with Crippen molar-refractivity contribution in [3.05, 3.63) is 63.9 Å². The van der Waals surface area contributed by atoms with Gasteiger partial charge < -0.3 is 4.90 Å². The van der Waals surface area contributed by atoms with Crippen molar-refractivity contribution in [1.82, 2.24) is 0 Å². The number of rotatable bonds is 1. The average molecular weight is 305 g/mol. The molecule has 0 aromatic heterocycles. The molecule has 2 aromatic rings. The number of halogens is 2. The zero-order chi connectivity index (χ0) is 12.7. The maximum Gasteiger partial charge on any atom is 0.133 e. The van der Waals surface area contributed by atoms with E-state index in [2.05, 4.69) is 15.9 Å². The van der Waals surface area contributed by atoms with Crippen molar-refractivity contribution in [3.8, 4) is 0 Å². The van der Waals surface area contributed by atoms with Crippen molar-refractivity contribution in [2.24, 2.45) is 0 Å². The van der Waals surface area contributed by atoms with E-state index < -0.39 is 0 Å². The molecular formula is C14H10BrFN2. The van der Waals surface area contributed by atoms with Gasteiger partial charge in [0.25, 0.3) is 0 Å². The van der Waals surface area contributed by atoms with Gasteiger partial charge in [0.2, 0.25) is 0 Å². The molecule has 0 amide bonds. The third-order valence-corrected chi connectivity index (χ3v) is 3.71. The molecule has 90 valence electrons. The molecule has 1 N–H and O–H groups in total. The van der Waals surface area contributed by atoms with Gasteiger partial charge in [-0.3, -0.25) is 5.41 Å². The summed E-state index contributed by atoms with van der Waals surface area (Å²) < 4.78 is 13.8. The van der Waals surface area contributed by atoms with Crippen LogP contribution in [0.5, 0.6) is 0 Å². The summed E-state index contributed by atoms with van der Waals surface area (Å²) in [6.45, 7) is 0.652. The van der Waals surface area contributed by atoms with Gasteiger partial charge >= 0.3 is 0 Å². The third kappa shape index (κ3) is 1.73. The number of fused-ring (bicyclic) bond motifs is 1. The first-order chi connectivity index (χ1) is 8.66. The van der Waals surface area contributed by atoms with E-state index in [1.54, 1.807) is 6.07 Å². The Morgan fingerprint density at radius 1 is 1.17 bits per heavy atom. The van der Waals surface area contributed by atoms with Crippen LogP contribution in [0, 0.1) is 11.2 Å². The largest absolute Gasteiger partial charge is 0.321 e. The fourth-order valence-corrected chi connectivity index (χ4v) is 2.75. The first-order valence-electron chi connectivity index (χ1n) is 5.56. The normalized spacial score (nSPS) is 13.9. The van der Waals surface area contributed by atoms with E-state index in [-0.39, 0.29) is 5.82 Å². The van der Waals surface area contributed by atoms with Crippen LogP contribution < -0.4 is 4.90 Å². The summed E-state index contributed by atoms with van der Waals surface area (Å²) in [4.78, 5) is 1.87. The lowest BCUT2D eigenvalue weighted by molar-refractivity contribution is 0.627. The highest BCUT2D eigenvalue weighted by Gasteiger charge is 2.26. The van der Waals surface area contributed by atoms with Crippen molar-refractivity contribution in [2.45, 2.75) is 6.54 Å². The van der Waals surface area contributed by atoms with Crippen LogP contribution in [0.1, 0.15) is 11.1 Å². The van der Waals surface area contributed by atoms with E-state index in [4.69, 9.17) is 5.41 Å². The van der Waals surface area contributed by atoms with Gasteiger partial charge in [0, 0.05) is 10.0 Å². The molecule has 3 rings (SSSR count). The van der Waals surface area contributed by atoms with Gasteiger partial charge in [0.05, 0.1) is 12.2 Å². The van der Waals surface area contributed by atoms with Crippen LogP contribution >= 0.6 is 15.9 Å². The van der Waals surface area contributed by atoms with Crippen molar-refractivity contribution < 1.29 is 4.39 Å². The van der Waals surface area contributed by atoms with E-state index in [1.165, 1.54) is 12.1 Å². The quantitative estimate of drug-likeness (QED) is 0.849. The van der Waals surface area contributed by atoms with Crippen LogP contribution in [0.15, 0.2) is 46.9 Å². The minimum absolute atomic E-state index is 0.283. The lowest BCUT2D eigenvalue weighted by atomic mass is 10.1. The predicted molar refractivity (Wildman–Crippen MR) is 73.6 cm³/mol. The molecule has 0 bridgehead atoms. The second kappa shape index (κ2) is 4.21. The Balaban J connectivity index is 2.04. The van der Waals surface area contributed by atoms with E-state index in [1.807, 2.05) is 29.2 Å². The first-order valence-corrected chi connectivity index (χ1v) is 6.35. The monoisotopic (exact) mass is 304 g/mol. The van der Waals surface area contributed by atoms with E-state index in [0.717, 1.165) is 16.8 Å². The second-order valence-electron chi connectivity index (χ2n) is 4.19. The highest BCUT2D eigenvalue weighted by molar-refractivity contribution is 9.10. The lowest BCUT2D eigenvalue weighted by Gasteiger charge is -2.19. The Kier molecular flexibility index (Phi) is 2.67.